The molecule has 1 aliphatic carbocycles. The molecular weight excluding hydrogens is 174 g/mol. The molecule has 0 unspecified atom stereocenters. The van der Waals surface area contributed by atoms with Crippen LogP contribution >= 0.6 is 0 Å². The highest BCUT2D eigenvalue weighted by molar-refractivity contribution is 5.38. The lowest BCUT2D eigenvalue weighted by Gasteiger charge is -2.10. The summed E-state index contributed by atoms with van der Waals surface area (Å²) >= 11 is 0. The van der Waals surface area contributed by atoms with Gasteiger partial charge in [0, 0.05) is 6.54 Å². The Labute approximate surface area is 83.8 Å². The first kappa shape index (κ1) is 9.01. The van der Waals surface area contributed by atoms with Crippen LogP contribution in [-0.2, 0) is 0 Å². The normalized spacial score (nSPS) is 17.1. The highest BCUT2D eigenvalue weighted by Gasteiger charge is 2.36. The Morgan fingerprint density at radius 1 is 1.57 bits per heavy atom. The molecule has 1 aromatic rings. The van der Waals surface area contributed by atoms with E-state index in [0.29, 0.717) is 11.1 Å². The molecule has 1 saturated carbocycles. The van der Waals surface area contributed by atoms with Crippen molar-refractivity contribution >= 4 is 5.82 Å². The largest absolute Gasteiger partial charge is 0.369 e. The quantitative estimate of drug-likeness (QED) is 0.788. The van der Waals surface area contributed by atoms with Gasteiger partial charge >= 0.3 is 0 Å². The van der Waals surface area contributed by atoms with Gasteiger partial charge in [0.25, 0.3) is 0 Å². The molecule has 0 aromatic carbocycles. The van der Waals surface area contributed by atoms with Crippen molar-refractivity contribution in [3.05, 3.63) is 23.9 Å². The molecule has 3 nitrogen and oxygen atoms in total. The molecule has 0 atom stereocenters. The summed E-state index contributed by atoms with van der Waals surface area (Å²) in [5, 5.41) is 11.9. The van der Waals surface area contributed by atoms with Gasteiger partial charge in [-0.05, 0) is 30.4 Å². The van der Waals surface area contributed by atoms with E-state index in [1.54, 1.807) is 6.07 Å². The molecule has 1 aliphatic rings. The van der Waals surface area contributed by atoms with E-state index in [9.17, 15) is 0 Å². The molecule has 0 amide bonds. The second-order valence-electron chi connectivity index (χ2n) is 4.18. The maximum Gasteiger partial charge on any atom is 0.142 e. The lowest BCUT2D eigenvalue weighted by atomic mass is 10.1. The van der Waals surface area contributed by atoms with Gasteiger partial charge in [-0.25, -0.2) is 4.98 Å². The summed E-state index contributed by atoms with van der Waals surface area (Å²) in [4.78, 5) is 4.15. The molecule has 14 heavy (non-hydrogen) atoms. The first-order valence-electron chi connectivity index (χ1n) is 4.83. The zero-order chi connectivity index (χ0) is 10.0. The minimum Gasteiger partial charge on any atom is -0.369 e. The Hall–Kier alpha value is -1.56. The van der Waals surface area contributed by atoms with Crippen molar-refractivity contribution in [3.63, 3.8) is 0 Å². The number of rotatable bonds is 3. The number of nitriles is 1. The molecule has 2 rings (SSSR count). The fourth-order valence-corrected chi connectivity index (χ4v) is 1.29. The van der Waals surface area contributed by atoms with E-state index in [2.05, 4.69) is 17.2 Å². The number of hydrogen-bond acceptors (Lipinski definition) is 3. The van der Waals surface area contributed by atoms with Gasteiger partial charge in [0.1, 0.15) is 17.6 Å². The first-order chi connectivity index (χ1) is 6.72. The van der Waals surface area contributed by atoms with E-state index in [-0.39, 0.29) is 0 Å². The van der Waals surface area contributed by atoms with Crippen LogP contribution in [0.5, 0.6) is 0 Å². The van der Waals surface area contributed by atoms with Gasteiger partial charge in [-0.1, -0.05) is 13.0 Å². The molecular formula is C11H13N3. The van der Waals surface area contributed by atoms with Crippen LogP contribution in [0.1, 0.15) is 25.5 Å². The summed E-state index contributed by atoms with van der Waals surface area (Å²) in [6.07, 6.45) is 2.58. The Bertz CT molecular complexity index is 374. The monoisotopic (exact) mass is 187 g/mol. The number of anilines is 1. The summed E-state index contributed by atoms with van der Waals surface area (Å²) in [6.45, 7) is 3.21. The van der Waals surface area contributed by atoms with Gasteiger partial charge in [0.15, 0.2) is 0 Å². The number of nitrogens with zero attached hydrogens (tertiary/aromatic N) is 2. The van der Waals surface area contributed by atoms with E-state index in [1.807, 2.05) is 18.2 Å². The fraction of sp³-hybridized carbons (Fsp3) is 0.455. The Kier molecular flexibility index (Phi) is 2.12. The van der Waals surface area contributed by atoms with Gasteiger partial charge < -0.3 is 5.32 Å². The molecule has 0 spiro atoms. The topological polar surface area (TPSA) is 48.7 Å². The molecule has 72 valence electrons. The van der Waals surface area contributed by atoms with Crippen LogP contribution < -0.4 is 5.32 Å². The first-order valence-corrected chi connectivity index (χ1v) is 4.83. The van der Waals surface area contributed by atoms with E-state index in [1.165, 1.54) is 12.8 Å². The average molecular weight is 187 g/mol. The van der Waals surface area contributed by atoms with Crippen LogP contribution in [0.25, 0.3) is 0 Å². The van der Waals surface area contributed by atoms with Crippen molar-refractivity contribution in [1.82, 2.24) is 4.98 Å². The van der Waals surface area contributed by atoms with Gasteiger partial charge in [-0.2, -0.15) is 5.26 Å². The third kappa shape index (κ3) is 2.02. The number of hydrogen-bond donors (Lipinski definition) is 1. The lowest BCUT2D eigenvalue weighted by molar-refractivity contribution is 0.609. The van der Waals surface area contributed by atoms with Crippen LogP contribution in [-0.4, -0.2) is 11.5 Å². The second-order valence-corrected chi connectivity index (χ2v) is 4.18. The number of nitrogens with one attached hydrogen (secondary N) is 1. The molecule has 0 bridgehead atoms. The van der Waals surface area contributed by atoms with Crippen LogP contribution in [0, 0.1) is 16.7 Å². The van der Waals surface area contributed by atoms with E-state index in [0.717, 1.165) is 12.4 Å². The van der Waals surface area contributed by atoms with E-state index < -0.39 is 0 Å². The van der Waals surface area contributed by atoms with E-state index in [4.69, 9.17) is 5.26 Å². The van der Waals surface area contributed by atoms with Crippen molar-refractivity contribution in [2.75, 3.05) is 11.9 Å². The minimum atomic E-state index is 0.463. The number of aromatic nitrogens is 1. The van der Waals surface area contributed by atoms with Crippen molar-refractivity contribution in [2.45, 2.75) is 19.8 Å². The van der Waals surface area contributed by atoms with Crippen LogP contribution in [0.15, 0.2) is 18.2 Å². The van der Waals surface area contributed by atoms with Gasteiger partial charge in [-0.3, -0.25) is 0 Å². The minimum absolute atomic E-state index is 0.463. The van der Waals surface area contributed by atoms with Crippen molar-refractivity contribution in [1.29, 1.82) is 5.26 Å². The molecule has 1 N–H and O–H groups in total. The Balaban J connectivity index is 1.99. The molecule has 1 aromatic heterocycles. The summed E-state index contributed by atoms with van der Waals surface area (Å²) in [7, 11) is 0. The highest BCUT2D eigenvalue weighted by Crippen LogP contribution is 2.44. The molecule has 1 fully saturated rings. The third-order valence-corrected chi connectivity index (χ3v) is 2.66. The molecule has 1 heterocycles. The average Bonchev–Trinajstić information content (AvgIpc) is 2.95. The highest BCUT2D eigenvalue weighted by atomic mass is 15.0. The second kappa shape index (κ2) is 3.30. The maximum atomic E-state index is 8.66. The van der Waals surface area contributed by atoms with Crippen molar-refractivity contribution in [2.24, 2.45) is 5.41 Å². The molecule has 3 heteroatoms. The molecule has 0 saturated heterocycles. The fourth-order valence-electron chi connectivity index (χ4n) is 1.29. The summed E-state index contributed by atoms with van der Waals surface area (Å²) < 4.78 is 0. The predicted octanol–water partition coefficient (Wildman–Crippen LogP) is 2.17. The third-order valence-electron chi connectivity index (χ3n) is 2.66. The van der Waals surface area contributed by atoms with Crippen LogP contribution in [0.3, 0.4) is 0 Å². The summed E-state index contributed by atoms with van der Waals surface area (Å²) in [5.41, 5.74) is 0.931. The van der Waals surface area contributed by atoms with Crippen LogP contribution in [0.2, 0.25) is 0 Å². The SMILES string of the molecule is CC1(CNc2cccc(C#N)n2)CC1. The van der Waals surface area contributed by atoms with Crippen molar-refractivity contribution in [3.8, 4) is 6.07 Å². The zero-order valence-electron chi connectivity index (χ0n) is 8.25. The number of pyridine rings is 1. The van der Waals surface area contributed by atoms with Crippen LogP contribution in [0.4, 0.5) is 5.82 Å². The molecule has 0 radical (unpaired) electrons. The standard InChI is InChI=1S/C11H13N3/c1-11(5-6-11)8-13-10-4-2-3-9(7-12)14-10/h2-4H,5-6,8H2,1H3,(H,13,14). The predicted molar refractivity (Wildman–Crippen MR) is 54.8 cm³/mol. The maximum absolute atomic E-state index is 8.66. The van der Waals surface area contributed by atoms with Gasteiger partial charge in [-0.15, -0.1) is 0 Å². The summed E-state index contributed by atoms with van der Waals surface area (Å²) in [6, 6.07) is 7.49. The molecule has 0 aliphatic heterocycles. The zero-order valence-corrected chi connectivity index (χ0v) is 8.25. The van der Waals surface area contributed by atoms with Gasteiger partial charge in [0.2, 0.25) is 0 Å². The Morgan fingerprint density at radius 3 is 3.00 bits per heavy atom. The van der Waals surface area contributed by atoms with E-state index >= 15 is 0 Å². The van der Waals surface area contributed by atoms with Gasteiger partial charge in [0.05, 0.1) is 0 Å². The lowest BCUT2D eigenvalue weighted by Crippen LogP contribution is -2.12. The Morgan fingerprint density at radius 2 is 2.36 bits per heavy atom. The van der Waals surface area contributed by atoms with Crippen molar-refractivity contribution < 1.29 is 0 Å². The summed E-state index contributed by atoms with van der Waals surface area (Å²) in [5.74, 6) is 0.803. The smallest absolute Gasteiger partial charge is 0.142 e.